The molecule has 0 atom stereocenters. The van der Waals surface area contributed by atoms with Crippen molar-refractivity contribution in [2.24, 2.45) is 0 Å². The summed E-state index contributed by atoms with van der Waals surface area (Å²) in [5.74, 6) is -1.73. The molecule has 0 saturated carbocycles. The largest absolute Gasteiger partial charge is 0.507 e. The molecule has 0 amide bonds. The number of hydrogen-bond acceptors (Lipinski definition) is 5. The number of ether oxygens (including phenoxy) is 1. The van der Waals surface area contributed by atoms with Gasteiger partial charge in [0, 0.05) is 6.07 Å². The Hall–Kier alpha value is -2.80. The van der Waals surface area contributed by atoms with E-state index in [0.717, 1.165) is 6.07 Å². The minimum absolute atomic E-state index is 0.195. The first-order chi connectivity index (χ1) is 10.9. The maximum Gasteiger partial charge on any atom is 0.339 e. The fraction of sp³-hybridized carbons (Fsp3) is 0.0625. The van der Waals surface area contributed by atoms with Crippen molar-refractivity contribution < 1.29 is 28.2 Å². The van der Waals surface area contributed by atoms with Crippen LogP contribution in [0, 0.1) is 0 Å². The van der Waals surface area contributed by atoms with E-state index < -0.39 is 21.6 Å². The number of carboxylic acids is 1. The van der Waals surface area contributed by atoms with Crippen LogP contribution in [0.2, 0.25) is 0 Å². The first-order valence-corrected chi connectivity index (χ1v) is 8.21. The summed E-state index contributed by atoms with van der Waals surface area (Å²) in [5.41, 5.74) is -0.243. The van der Waals surface area contributed by atoms with Crippen molar-refractivity contribution in [2.75, 3.05) is 5.75 Å². The van der Waals surface area contributed by atoms with E-state index in [9.17, 15) is 18.3 Å². The van der Waals surface area contributed by atoms with Gasteiger partial charge in [-0.2, -0.15) is 0 Å². The summed E-state index contributed by atoms with van der Waals surface area (Å²) in [7, 11) is -3.43. The van der Waals surface area contributed by atoms with E-state index in [2.05, 4.69) is 0 Å². The van der Waals surface area contributed by atoms with Crippen molar-refractivity contribution in [1.82, 2.24) is 0 Å². The molecule has 0 saturated heterocycles. The van der Waals surface area contributed by atoms with Gasteiger partial charge in [-0.15, -0.1) is 0 Å². The normalized spacial score (nSPS) is 11.5. The molecule has 2 aromatic rings. The van der Waals surface area contributed by atoms with Gasteiger partial charge in [-0.05, 0) is 30.3 Å². The lowest BCUT2D eigenvalue weighted by atomic mass is 10.2. The molecule has 0 heterocycles. The van der Waals surface area contributed by atoms with E-state index in [1.54, 1.807) is 18.2 Å². The van der Waals surface area contributed by atoms with E-state index >= 15 is 0 Å². The summed E-state index contributed by atoms with van der Waals surface area (Å²) in [5, 5.41) is 18.3. The number of carboxylic acid groups (broad SMARTS) is 1. The van der Waals surface area contributed by atoms with Crippen molar-refractivity contribution in [2.45, 2.75) is 4.90 Å². The van der Waals surface area contributed by atoms with Crippen LogP contribution >= 0.6 is 0 Å². The molecule has 7 heteroatoms. The van der Waals surface area contributed by atoms with Gasteiger partial charge in [-0.3, -0.25) is 0 Å². The Bertz CT molecular complexity index is 825. The average Bonchev–Trinajstić information content (AvgIpc) is 2.52. The Labute approximate surface area is 133 Å². The van der Waals surface area contributed by atoms with Crippen LogP contribution in [0.1, 0.15) is 10.4 Å². The maximum absolute atomic E-state index is 12.0. The lowest BCUT2D eigenvalue weighted by Crippen LogP contribution is -2.04. The van der Waals surface area contributed by atoms with E-state index in [0.29, 0.717) is 0 Å². The summed E-state index contributed by atoms with van der Waals surface area (Å²) < 4.78 is 29.2. The standard InChI is InChI=1S/C16H14O6S/c17-15-11-12(7-8-14(15)16(18)19)22-9-4-10-23(20,21)13-5-2-1-3-6-13/h1-9,11,17H,10H2,(H,18,19)/b9-4-. The molecule has 0 unspecified atom stereocenters. The molecule has 2 aromatic carbocycles. The van der Waals surface area contributed by atoms with Crippen LogP contribution in [0.25, 0.3) is 0 Å². The summed E-state index contributed by atoms with van der Waals surface area (Å²) in [6.07, 6.45) is 2.50. The van der Waals surface area contributed by atoms with E-state index in [1.807, 2.05) is 0 Å². The topological polar surface area (TPSA) is 101 Å². The van der Waals surface area contributed by atoms with E-state index in [4.69, 9.17) is 9.84 Å². The molecule has 0 spiro atoms. The Morgan fingerprint density at radius 2 is 1.83 bits per heavy atom. The van der Waals surface area contributed by atoms with Gasteiger partial charge in [0.25, 0.3) is 0 Å². The predicted octanol–water partition coefficient (Wildman–Crippen LogP) is 2.46. The van der Waals surface area contributed by atoms with Gasteiger partial charge in [-0.25, -0.2) is 13.2 Å². The van der Waals surface area contributed by atoms with Gasteiger partial charge in [0.05, 0.1) is 16.9 Å². The minimum atomic E-state index is -3.43. The van der Waals surface area contributed by atoms with Crippen molar-refractivity contribution >= 4 is 15.8 Å². The highest BCUT2D eigenvalue weighted by molar-refractivity contribution is 7.91. The van der Waals surface area contributed by atoms with Gasteiger partial charge in [-0.1, -0.05) is 18.2 Å². The molecule has 0 radical (unpaired) electrons. The lowest BCUT2D eigenvalue weighted by Gasteiger charge is -2.04. The molecular formula is C16H14O6S. The third kappa shape index (κ3) is 4.33. The quantitative estimate of drug-likeness (QED) is 0.787. The Kier molecular flexibility index (Phi) is 5.02. The predicted molar refractivity (Wildman–Crippen MR) is 83.3 cm³/mol. The number of carbonyl (C=O) groups is 1. The van der Waals surface area contributed by atoms with Gasteiger partial charge in [0.1, 0.15) is 17.1 Å². The van der Waals surface area contributed by atoms with Crippen LogP contribution in [-0.2, 0) is 9.84 Å². The fourth-order valence-corrected chi connectivity index (χ4v) is 2.88. The third-order valence-electron chi connectivity index (χ3n) is 2.92. The zero-order valence-corrected chi connectivity index (χ0v) is 12.7. The molecule has 0 aliphatic rings. The molecule has 0 fully saturated rings. The summed E-state index contributed by atoms with van der Waals surface area (Å²) in [6, 6.07) is 11.7. The summed E-state index contributed by atoms with van der Waals surface area (Å²) in [4.78, 5) is 11.0. The summed E-state index contributed by atoms with van der Waals surface area (Å²) >= 11 is 0. The van der Waals surface area contributed by atoms with Crippen LogP contribution in [0.3, 0.4) is 0 Å². The monoisotopic (exact) mass is 334 g/mol. The zero-order chi connectivity index (χ0) is 16.9. The van der Waals surface area contributed by atoms with E-state index in [-0.39, 0.29) is 22.0 Å². The van der Waals surface area contributed by atoms with E-state index in [1.165, 1.54) is 36.6 Å². The second-order valence-electron chi connectivity index (χ2n) is 4.57. The second-order valence-corrected chi connectivity index (χ2v) is 6.60. The van der Waals surface area contributed by atoms with Crippen molar-refractivity contribution in [3.63, 3.8) is 0 Å². The number of aromatic carboxylic acids is 1. The Morgan fingerprint density at radius 1 is 1.13 bits per heavy atom. The Balaban J connectivity index is 2.00. The number of benzene rings is 2. The Morgan fingerprint density at radius 3 is 2.43 bits per heavy atom. The number of phenols is 1. The van der Waals surface area contributed by atoms with Gasteiger partial charge >= 0.3 is 5.97 Å². The highest BCUT2D eigenvalue weighted by atomic mass is 32.2. The molecule has 23 heavy (non-hydrogen) atoms. The van der Waals surface area contributed by atoms with Gasteiger partial charge < -0.3 is 14.9 Å². The molecule has 2 rings (SSSR count). The van der Waals surface area contributed by atoms with Crippen LogP contribution < -0.4 is 4.74 Å². The van der Waals surface area contributed by atoms with Gasteiger partial charge in [0.15, 0.2) is 9.84 Å². The average molecular weight is 334 g/mol. The fourth-order valence-electron chi connectivity index (χ4n) is 1.78. The highest BCUT2D eigenvalue weighted by Crippen LogP contribution is 2.23. The number of rotatable bonds is 6. The molecular weight excluding hydrogens is 320 g/mol. The van der Waals surface area contributed by atoms with Crippen molar-refractivity contribution in [1.29, 1.82) is 0 Å². The molecule has 2 N–H and O–H groups in total. The summed E-state index contributed by atoms with van der Waals surface area (Å²) in [6.45, 7) is 0. The minimum Gasteiger partial charge on any atom is -0.507 e. The van der Waals surface area contributed by atoms with Crippen LogP contribution in [0.4, 0.5) is 0 Å². The smallest absolute Gasteiger partial charge is 0.339 e. The number of hydrogen-bond donors (Lipinski definition) is 2. The molecule has 0 bridgehead atoms. The lowest BCUT2D eigenvalue weighted by molar-refractivity contribution is 0.0693. The number of aromatic hydroxyl groups is 1. The highest BCUT2D eigenvalue weighted by Gasteiger charge is 2.12. The van der Waals surface area contributed by atoms with Gasteiger partial charge in [0.2, 0.25) is 0 Å². The molecule has 0 aliphatic heterocycles. The SMILES string of the molecule is O=C(O)c1ccc(O/C=C\CS(=O)(=O)c2ccccc2)cc1O. The second kappa shape index (κ2) is 6.97. The van der Waals surface area contributed by atoms with Crippen molar-refractivity contribution in [3.05, 3.63) is 66.4 Å². The molecule has 0 aromatic heterocycles. The molecule has 0 aliphatic carbocycles. The first kappa shape index (κ1) is 16.6. The van der Waals surface area contributed by atoms with Crippen LogP contribution in [-0.4, -0.2) is 30.4 Å². The number of sulfone groups is 1. The zero-order valence-electron chi connectivity index (χ0n) is 11.9. The maximum atomic E-state index is 12.0. The first-order valence-electron chi connectivity index (χ1n) is 6.56. The van der Waals surface area contributed by atoms with Crippen LogP contribution in [0.5, 0.6) is 11.5 Å². The van der Waals surface area contributed by atoms with Crippen molar-refractivity contribution in [3.8, 4) is 11.5 Å². The molecule has 120 valence electrons. The van der Waals surface area contributed by atoms with Crippen LogP contribution in [0.15, 0.2) is 65.8 Å². The molecule has 6 nitrogen and oxygen atoms in total. The third-order valence-corrected chi connectivity index (χ3v) is 4.54.